The highest BCUT2D eigenvalue weighted by atomic mass is 16.1. The molecular formula is C31H38N4O. The van der Waals surface area contributed by atoms with Crippen LogP contribution in [-0.2, 0) is 11.2 Å². The second kappa shape index (κ2) is 11.4. The summed E-state index contributed by atoms with van der Waals surface area (Å²) in [6, 6.07) is 12.7. The molecule has 1 aromatic heterocycles. The third-order valence-corrected chi connectivity index (χ3v) is 6.38. The van der Waals surface area contributed by atoms with Gasteiger partial charge in [0.15, 0.2) is 0 Å². The van der Waals surface area contributed by atoms with Gasteiger partial charge in [0.1, 0.15) is 0 Å². The molecule has 5 heteroatoms. The number of hydrogen-bond acceptors (Lipinski definition) is 4. The molecule has 36 heavy (non-hydrogen) atoms. The summed E-state index contributed by atoms with van der Waals surface area (Å²) in [5.41, 5.74) is 13.3. The lowest BCUT2D eigenvalue weighted by Gasteiger charge is -2.12. The van der Waals surface area contributed by atoms with Crippen LogP contribution < -0.4 is 5.32 Å². The average molecular weight is 483 g/mol. The highest BCUT2D eigenvalue weighted by Crippen LogP contribution is 2.28. The molecular weight excluding hydrogens is 444 g/mol. The van der Waals surface area contributed by atoms with Crippen LogP contribution in [0.2, 0.25) is 0 Å². The van der Waals surface area contributed by atoms with Crippen molar-refractivity contribution in [3.05, 3.63) is 86.7 Å². The molecule has 0 bridgehead atoms. The third kappa shape index (κ3) is 6.54. The number of nitrogens with zero attached hydrogens (tertiary/aromatic N) is 3. The van der Waals surface area contributed by atoms with Gasteiger partial charge in [0.25, 0.3) is 0 Å². The van der Waals surface area contributed by atoms with E-state index in [1.807, 2.05) is 26.0 Å². The Balaban J connectivity index is 2.11. The van der Waals surface area contributed by atoms with Crippen LogP contribution in [-0.4, -0.2) is 29.4 Å². The van der Waals surface area contributed by atoms with E-state index in [4.69, 9.17) is 15.0 Å². The topological polar surface area (TPSA) is 66.7 Å². The molecule has 0 saturated carbocycles. The number of aryl methyl sites for hydroxylation is 7. The first-order valence-corrected chi connectivity index (χ1v) is 12.5. The second-order valence-corrected chi connectivity index (χ2v) is 9.81. The minimum absolute atomic E-state index is 0.0162. The Kier molecular flexibility index (Phi) is 8.57. The van der Waals surface area contributed by atoms with Crippen molar-refractivity contribution in [1.82, 2.24) is 10.3 Å². The molecule has 3 aromatic rings. The molecule has 188 valence electrons. The summed E-state index contributed by atoms with van der Waals surface area (Å²) < 4.78 is 0. The van der Waals surface area contributed by atoms with Gasteiger partial charge in [0.2, 0.25) is 5.91 Å². The standard InChI is InChI=1S/C31H38N4O/c1-18-12-20(3)30(21(4)13-18)33-24(7)27-16-26(10-11-29(36)32-9)17-28(35-27)25(8)34-31-22(5)14-19(2)15-23(31)6/h12-17H,10-11H2,1-9H3,(H,32,36)/b33-24+,34-25+. The quantitative estimate of drug-likeness (QED) is 0.373. The van der Waals surface area contributed by atoms with Gasteiger partial charge in [0, 0.05) is 13.5 Å². The molecule has 0 unspecified atom stereocenters. The van der Waals surface area contributed by atoms with Crippen LogP contribution in [0.5, 0.6) is 0 Å². The van der Waals surface area contributed by atoms with E-state index in [1.165, 1.54) is 11.1 Å². The molecule has 0 saturated heterocycles. The Morgan fingerprint density at radius 1 is 0.722 bits per heavy atom. The first-order valence-electron chi connectivity index (χ1n) is 12.5. The van der Waals surface area contributed by atoms with E-state index in [0.29, 0.717) is 12.8 Å². The monoisotopic (exact) mass is 482 g/mol. The SMILES string of the molecule is CNC(=O)CCc1cc(/C(C)=N/c2c(C)cc(C)cc2C)nc(/C(C)=N/c2c(C)cc(C)cc2C)c1. The maximum absolute atomic E-state index is 11.9. The predicted molar refractivity (Wildman–Crippen MR) is 152 cm³/mol. The fraction of sp³-hybridized carbons (Fsp3) is 0.355. The van der Waals surface area contributed by atoms with E-state index in [-0.39, 0.29) is 5.91 Å². The van der Waals surface area contributed by atoms with Crippen molar-refractivity contribution >= 4 is 28.7 Å². The van der Waals surface area contributed by atoms with E-state index < -0.39 is 0 Å². The molecule has 0 aliphatic rings. The van der Waals surface area contributed by atoms with Crippen LogP contribution in [0.15, 0.2) is 46.4 Å². The number of rotatable bonds is 7. The number of aliphatic imine (C=N–C) groups is 2. The van der Waals surface area contributed by atoms with Gasteiger partial charge in [-0.15, -0.1) is 0 Å². The van der Waals surface area contributed by atoms with Gasteiger partial charge in [-0.05, 0) is 102 Å². The number of benzene rings is 2. The number of aromatic nitrogens is 1. The summed E-state index contributed by atoms with van der Waals surface area (Å²) in [6.45, 7) is 16.6. The Morgan fingerprint density at radius 2 is 1.11 bits per heavy atom. The van der Waals surface area contributed by atoms with Crippen LogP contribution in [0.25, 0.3) is 0 Å². The second-order valence-electron chi connectivity index (χ2n) is 9.81. The van der Waals surface area contributed by atoms with Crippen LogP contribution in [0.4, 0.5) is 11.4 Å². The summed E-state index contributed by atoms with van der Waals surface area (Å²) in [7, 11) is 1.66. The molecule has 1 amide bonds. The number of amides is 1. The summed E-state index contributed by atoms with van der Waals surface area (Å²) in [5, 5.41) is 2.71. The van der Waals surface area contributed by atoms with E-state index in [1.54, 1.807) is 7.05 Å². The largest absolute Gasteiger partial charge is 0.359 e. The molecule has 1 heterocycles. The van der Waals surface area contributed by atoms with E-state index in [9.17, 15) is 4.79 Å². The van der Waals surface area contributed by atoms with Crippen molar-refractivity contribution in [3.63, 3.8) is 0 Å². The summed E-state index contributed by atoms with van der Waals surface area (Å²) in [5.74, 6) is 0.0162. The van der Waals surface area contributed by atoms with Crippen molar-refractivity contribution in [3.8, 4) is 0 Å². The Labute approximate surface area is 215 Å². The lowest BCUT2D eigenvalue weighted by atomic mass is 10.0. The zero-order chi connectivity index (χ0) is 26.6. The van der Waals surface area contributed by atoms with Crippen LogP contribution in [0, 0.1) is 41.5 Å². The van der Waals surface area contributed by atoms with Gasteiger partial charge in [-0.1, -0.05) is 35.4 Å². The number of carbonyl (C=O) groups excluding carboxylic acids is 1. The average Bonchev–Trinajstić information content (AvgIpc) is 2.81. The lowest BCUT2D eigenvalue weighted by molar-refractivity contribution is -0.120. The molecule has 3 rings (SSSR count). The molecule has 0 aliphatic heterocycles. The van der Waals surface area contributed by atoms with E-state index in [2.05, 4.69) is 71.1 Å². The zero-order valence-electron chi connectivity index (χ0n) is 23.1. The van der Waals surface area contributed by atoms with Gasteiger partial charge >= 0.3 is 0 Å². The minimum Gasteiger partial charge on any atom is -0.359 e. The smallest absolute Gasteiger partial charge is 0.220 e. The number of pyridine rings is 1. The van der Waals surface area contributed by atoms with Gasteiger partial charge in [-0.25, -0.2) is 4.98 Å². The first-order chi connectivity index (χ1) is 17.0. The van der Waals surface area contributed by atoms with Gasteiger partial charge in [0.05, 0.1) is 34.2 Å². The van der Waals surface area contributed by atoms with Crippen LogP contribution in [0.1, 0.15) is 70.6 Å². The molecule has 2 aromatic carbocycles. The Morgan fingerprint density at radius 3 is 1.47 bits per heavy atom. The predicted octanol–water partition coefficient (Wildman–Crippen LogP) is 6.89. The minimum atomic E-state index is 0.0162. The van der Waals surface area contributed by atoms with Crippen molar-refractivity contribution in [2.75, 3.05) is 7.05 Å². The maximum atomic E-state index is 11.9. The van der Waals surface area contributed by atoms with E-state index in [0.717, 1.165) is 62.0 Å². The molecule has 5 nitrogen and oxygen atoms in total. The van der Waals surface area contributed by atoms with E-state index >= 15 is 0 Å². The number of hydrogen-bond donors (Lipinski definition) is 1. The fourth-order valence-electron chi connectivity index (χ4n) is 4.63. The van der Waals surface area contributed by atoms with Gasteiger partial charge in [-0.3, -0.25) is 14.8 Å². The van der Waals surface area contributed by atoms with Crippen molar-refractivity contribution in [1.29, 1.82) is 0 Å². The maximum Gasteiger partial charge on any atom is 0.220 e. The first kappa shape index (κ1) is 27.0. The normalized spacial score (nSPS) is 12.1. The zero-order valence-corrected chi connectivity index (χ0v) is 23.1. The third-order valence-electron chi connectivity index (χ3n) is 6.38. The highest BCUT2D eigenvalue weighted by Gasteiger charge is 2.12. The number of carbonyl (C=O) groups is 1. The fourth-order valence-corrected chi connectivity index (χ4v) is 4.63. The number of nitrogens with one attached hydrogen (secondary N) is 1. The van der Waals surface area contributed by atoms with Crippen molar-refractivity contribution in [2.45, 2.75) is 68.2 Å². The Hall–Kier alpha value is -3.60. The molecule has 0 atom stereocenters. The Bertz CT molecular complexity index is 1230. The van der Waals surface area contributed by atoms with Crippen molar-refractivity contribution in [2.24, 2.45) is 9.98 Å². The molecule has 0 fully saturated rings. The van der Waals surface area contributed by atoms with Crippen molar-refractivity contribution < 1.29 is 4.79 Å². The van der Waals surface area contributed by atoms with Crippen LogP contribution >= 0.6 is 0 Å². The van der Waals surface area contributed by atoms with Gasteiger partial charge in [-0.2, -0.15) is 0 Å². The molecule has 0 spiro atoms. The lowest BCUT2D eigenvalue weighted by Crippen LogP contribution is -2.18. The highest BCUT2D eigenvalue weighted by molar-refractivity contribution is 6.03. The molecule has 0 radical (unpaired) electrons. The van der Waals surface area contributed by atoms with Gasteiger partial charge < -0.3 is 5.32 Å². The summed E-state index contributed by atoms with van der Waals surface area (Å²) in [6.07, 6.45) is 1.03. The molecule has 1 N–H and O–H groups in total. The molecule has 0 aliphatic carbocycles. The summed E-state index contributed by atoms with van der Waals surface area (Å²) >= 11 is 0. The van der Waals surface area contributed by atoms with Crippen LogP contribution in [0.3, 0.4) is 0 Å². The summed E-state index contributed by atoms with van der Waals surface area (Å²) in [4.78, 5) is 26.9.